The predicted molar refractivity (Wildman–Crippen MR) is 77.5 cm³/mol. The molecule has 2 rings (SSSR count). The van der Waals surface area contributed by atoms with E-state index < -0.39 is 0 Å². The number of anilines is 2. The minimum absolute atomic E-state index is 0.189. The Morgan fingerprint density at radius 2 is 2.26 bits per heavy atom. The fraction of sp³-hybridized carbons (Fsp3) is 0.333. The summed E-state index contributed by atoms with van der Waals surface area (Å²) in [4.78, 5) is 11.6. The first-order chi connectivity index (χ1) is 9.19. The van der Waals surface area contributed by atoms with Crippen molar-refractivity contribution in [2.75, 3.05) is 24.5 Å². The average Bonchev–Trinajstić information content (AvgIpc) is 2.98. The van der Waals surface area contributed by atoms with Crippen molar-refractivity contribution in [3.05, 3.63) is 28.7 Å². The van der Waals surface area contributed by atoms with Crippen molar-refractivity contribution in [2.24, 2.45) is 5.84 Å². The quantitative estimate of drug-likeness (QED) is 0.644. The molecule has 0 bridgehead atoms. The highest BCUT2D eigenvalue weighted by Crippen LogP contribution is 2.35. The minimum Gasteiger partial charge on any atom is -0.490 e. The van der Waals surface area contributed by atoms with Crippen LogP contribution < -0.4 is 20.9 Å². The molecule has 0 saturated heterocycles. The summed E-state index contributed by atoms with van der Waals surface area (Å²) in [6, 6.07) is 4.32. The van der Waals surface area contributed by atoms with Crippen LogP contribution in [0, 0.1) is 0 Å². The Kier molecular flexibility index (Phi) is 4.18. The smallest absolute Gasteiger partial charge is 0.205 e. The molecule has 0 aliphatic carbocycles. The van der Waals surface area contributed by atoms with Crippen molar-refractivity contribution in [3.63, 3.8) is 0 Å². The Labute approximate surface area is 116 Å². The van der Waals surface area contributed by atoms with Crippen LogP contribution in [0.1, 0.15) is 17.8 Å². The first-order valence-corrected chi connectivity index (χ1v) is 6.68. The fourth-order valence-corrected chi connectivity index (χ4v) is 2.64. The fourth-order valence-electron chi connectivity index (χ4n) is 1.81. The van der Waals surface area contributed by atoms with Gasteiger partial charge >= 0.3 is 0 Å². The molecule has 7 heteroatoms. The van der Waals surface area contributed by atoms with E-state index in [1.807, 2.05) is 18.0 Å². The van der Waals surface area contributed by atoms with Crippen molar-refractivity contribution in [1.29, 1.82) is 0 Å². The molecular formula is C12H17N5OS. The molecule has 0 saturated carbocycles. The maximum atomic E-state index is 5.43. The minimum atomic E-state index is 0.189. The molecule has 0 spiro atoms. The number of ether oxygens (including phenoxy) is 1. The zero-order chi connectivity index (χ0) is 13.8. The Bertz CT molecular complexity index is 531. The molecule has 0 aliphatic rings. The standard InChI is InChI=1S/C12H17N5OS/c1-8(9-5-4-6-19-9)17(2)12-10(18-3)11(16-13)14-7-15-12/h4-8H,13H2,1-3H3,(H,14,15,16). The molecular weight excluding hydrogens is 262 g/mol. The number of thiophene rings is 1. The monoisotopic (exact) mass is 279 g/mol. The molecule has 0 fully saturated rings. The molecule has 0 aliphatic heterocycles. The van der Waals surface area contributed by atoms with Crippen LogP contribution in [0.5, 0.6) is 5.75 Å². The summed E-state index contributed by atoms with van der Waals surface area (Å²) in [6.07, 6.45) is 1.46. The zero-order valence-electron chi connectivity index (χ0n) is 11.1. The molecule has 0 amide bonds. The van der Waals surface area contributed by atoms with Gasteiger partial charge in [-0.3, -0.25) is 0 Å². The maximum Gasteiger partial charge on any atom is 0.205 e. The zero-order valence-corrected chi connectivity index (χ0v) is 11.9. The van der Waals surface area contributed by atoms with Crippen LogP contribution in [0.2, 0.25) is 0 Å². The summed E-state index contributed by atoms with van der Waals surface area (Å²) in [7, 11) is 3.54. The largest absolute Gasteiger partial charge is 0.490 e. The summed E-state index contributed by atoms with van der Waals surface area (Å²) in [5.41, 5.74) is 2.52. The average molecular weight is 279 g/mol. The first kappa shape index (κ1) is 13.6. The number of rotatable bonds is 5. The molecule has 0 radical (unpaired) electrons. The summed E-state index contributed by atoms with van der Waals surface area (Å²) < 4.78 is 5.35. The van der Waals surface area contributed by atoms with Gasteiger partial charge in [-0.15, -0.1) is 11.3 Å². The van der Waals surface area contributed by atoms with Gasteiger partial charge < -0.3 is 15.1 Å². The van der Waals surface area contributed by atoms with Crippen LogP contribution in [0.3, 0.4) is 0 Å². The van der Waals surface area contributed by atoms with Crippen molar-refractivity contribution in [3.8, 4) is 5.75 Å². The Morgan fingerprint density at radius 3 is 2.84 bits per heavy atom. The summed E-state index contributed by atoms with van der Waals surface area (Å²) in [5.74, 6) is 7.14. The van der Waals surface area contributed by atoms with Crippen LogP contribution >= 0.6 is 11.3 Å². The third-order valence-electron chi connectivity index (χ3n) is 3.00. The molecule has 3 N–H and O–H groups in total. The van der Waals surface area contributed by atoms with E-state index in [2.05, 4.69) is 33.8 Å². The first-order valence-electron chi connectivity index (χ1n) is 5.80. The third kappa shape index (κ3) is 2.61. The summed E-state index contributed by atoms with van der Waals surface area (Å²) in [6.45, 7) is 2.11. The number of methoxy groups -OCH3 is 1. The van der Waals surface area contributed by atoms with Gasteiger partial charge in [0.1, 0.15) is 6.33 Å². The Balaban J connectivity index is 2.35. The molecule has 2 aromatic heterocycles. The van der Waals surface area contributed by atoms with E-state index in [0.29, 0.717) is 17.4 Å². The molecule has 2 heterocycles. The molecule has 19 heavy (non-hydrogen) atoms. The highest BCUT2D eigenvalue weighted by atomic mass is 32.1. The van der Waals surface area contributed by atoms with Crippen LogP contribution in [0.4, 0.5) is 11.6 Å². The van der Waals surface area contributed by atoms with Gasteiger partial charge in [0.05, 0.1) is 13.2 Å². The summed E-state index contributed by atoms with van der Waals surface area (Å²) >= 11 is 1.71. The predicted octanol–water partition coefficient (Wildman–Crippen LogP) is 2.03. The van der Waals surface area contributed by atoms with E-state index in [9.17, 15) is 0 Å². The van der Waals surface area contributed by atoms with E-state index >= 15 is 0 Å². The lowest BCUT2D eigenvalue weighted by Gasteiger charge is -2.26. The lowest BCUT2D eigenvalue weighted by molar-refractivity contribution is 0.411. The number of hydrogen-bond acceptors (Lipinski definition) is 7. The maximum absolute atomic E-state index is 5.43. The van der Waals surface area contributed by atoms with E-state index in [-0.39, 0.29) is 6.04 Å². The summed E-state index contributed by atoms with van der Waals surface area (Å²) in [5, 5.41) is 2.06. The topological polar surface area (TPSA) is 76.3 Å². The second-order valence-corrected chi connectivity index (χ2v) is 5.01. The van der Waals surface area contributed by atoms with Gasteiger partial charge in [0.2, 0.25) is 5.75 Å². The molecule has 2 aromatic rings. The van der Waals surface area contributed by atoms with Gasteiger partial charge in [0, 0.05) is 11.9 Å². The highest BCUT2D eigenvalue weighted by Gasteiger charge is 2.20. The van der Waals surface area contributed by atoms with E-state index in [0.717, 1.165) is 0 Å². The number of nitrogens with one attached hydrogen (secondary N) is 1. The van der Waals surface area contributed by atoms with Crippen molar-refractivity contribution < 1.29 is 4.74 Å². The number of nitrogens with zero attached hydrogens (tertiary/aromatic N) is 3. The number of hydrogen-bond donors (Lipinski definition) is 2. The van der Waals surface area contributed by atoms with Crippen LogP contribution in [0.15, 0.2) is 23.8 Å². The number of nitrogens with two attached hydrogens (primary N) is 1. The Morgan fingerprint density at radius 1 is 1.47 bits per heavy atom. The van der Waals surface area contributed by atoms with Crippen LogP contribution in [-0.4, -0.2) is 24.1 Å². The number of hydrazine groups is 1. The van der Waals surface area contributed by atoms with Crippen molar-refractivity contribution in [2.45, 2.75) is 13.0 Å². The van der Waals surface area contributed by atoms with Gasteiger partial charge in [-0.05, 0) is 18.4 Å². The third-order valence-corrected chi connectivity index (χ3v) is 4.04. The lowest BCUT2D eigenvalue weighted by atomic mass is 10.2. The van der Waals surface area contributed by atoms with Crippen LogP contribution in [0.25, 0.3) is 0 Å². The van der Waals surface area contributed by atoms with E-state index in [1.165, 1.54) is 11.2 Å². The molecule has 1 atom stereocenters. The van der Waals surface area contributed by atoms with Gasteiger partial charge in [0.15, 0.2) is 11.6 Å². The molecule has 102 valence electrons. The second kappa shape index (κ2) is 5.85. The Hall–Kier alpha value is -1.86. The normalized spacial score (nSPS) is 12.0. The molecule has 1 unspecified atom stereocenters. The van der Waals surface area contributed by atoms with Gasteiger partial charge in [-0.25, -0.2) is 15.8 Å². The van der Waals surface area contributed by atoms with Gasteiger partial charge in [-0.2, -0.15) is 0 Å². The number of nitrogen functional groups attached to an aromatic ring is 1. The van der Waals surface area contributed by atoms with Crippen molar-refractivity contribution >= 4 is 23.0 Å². The van der Waals surface area contributed by atoms with E-state index in [4.69, 9.17) is 10.6 Å². The highest BCUT2D eigenvalue weighted by molar-refractivity contribution is 7.10. The van der Waals surface area contributed by atoms with Gasteiger partial charge in [0.25, 0.3) is 0 Å². The van der Waals surface area contributed by atoms with Crippen LogP contribution in [-0.2, 0) is 0 Å². The number of aromatic nitrogens is 2. The van der Waals surface area contributed by atoms with E-state index in [1.54, 1.807) is 18.4 Å². The van der Waals surface area contributed by atoms with Crippen molar-refractivity contribution in [1.82, 2.24) is 9.97 Å². The molecule has 0 aromatic carbocycles. The SMILES string of the molecule is COc1c(NN)ncnc1N(C)C(C)c1cccs1. The van der Waals surface area contributed by atoms with Gasteiger partial charge in [-0.1, -0.05) is 6.07 Å². The second-order valence-electron chi connectivity index (χ2n) is 4.03. The molecule has 6 nitrogen and oxygen atoms in total. The lowest BCUT2D eigenvalue weighted by Crippen LogP contribution is -2.23.